The summed E-state index contributed by atoms with van der Waals surface area (Å²) in [5.41, 5.74) is 0.307. The Kier molecular flexibility index (Phi) is 8.07. The lowest BCUT2D eigenvalue weighted by Gasteiger charge is -2.37. The zero-order chi connectivity index (χ0) is 19.3. The molecule has 0 aliphatic carbocycles. The number of amides is 2. The van der Waals surface area contributed by atoms with Crippen LogP contribution >= 0.6 is 35.0 Å². The summed E-state index contributed by atoms with van der Waals surface area (Å²) in [5.74, 6) is 0.306. The molecule has 2 rings (SSSR count). The fourth-order valence-corrected chi connectivity index (χ4v) is 3.95. The number of hydrogen-bond acceptors (Lipinski definition) is 4. The molecule has 0 saturated carbocycles. The largest absolute Gasteiger partial charge is 0.372 e. The number of nitrogens with one attached hydrogen (secondary N) is 1. The highest BCUT2D eigenvalue weighted by Crippen LogP contribution is 2.21. The van der Waals surface area contributed by atoms with Crippen LogP contribution in [0.1, 0.15) is 30.6 Å². The maximum atomic E-state index is 13.0. The van der Waals surface area contributed by atoms with E-state index in [9.17, 15) is 9.59 Å². The predicted octanol–water partition coefficient (Wildman–Crippen LogP) is 3.48. The summed E-state index contributed by atoms with van der Waals surface area (Å²) in [6, 6.07) is 4.09. The Morgan fingerprint density at radius 2 is 1.96 bits per heavy atom. The quantitative estimate of drug-likeness (QED) is 0.767. The molecule has 0 radical (unpaired) electrons. The molecule has 26 heavy (non-hydrogen) atoms. The smallest absolute Gasteiger partial charge is 0.253 e. The summed E-state index contributed by atoms with van der Waals surface area (Å²) in [5, 5.41) is 3.56. The molecule has 0 aromatic heterocycles. The lowest BCUT2D eigenvalue weighted by molar-refractivity contribution is -0.145. The number of nitrogens with zero attached hydrogens (tertiary/aromatic N) is 1. The number of thioether (sulfide) groups is 1. The number of carbonyl (C=O) groups excluding carboxylic acids is 2. The SMILES string of the molecule is CSCC[C@H](NC(=O)c1ccc(Cl)cc1Cl)C(=O)N1C[C@@H](C)O[C@@H](C)C1. The zero-order valence-corrected chi connectivity index (χ0v) is 17.5. The molecule has 1 N–H and O–H groups in total. The van der Waals surface area contributed by atoms with E-state index in [4.69, 9.17) is 27.9 Å². The summed E-state index contributed by atoms with van der Waals surface area (Å²) in [4.78, 5) is 27.4. The van der Waals surface area contributed by atoms with Crippen molar-refractivity contribution < 1.29 is 14.3 Å². The highest BCUT2D eigenvalue weighted by Gasteiger charge is 2.31. The molecule has 1 saturated heterocycles. The second-order valence-electron chi connectivity index (χ2n) is 6.43. The van der Waals surface area contributed by atoms with Gasteiger partial charge < -0.3 is 15.0 Å². The molecule has 3 atom stereocenters. The van der Waals surface area contributed by atoms with Crippen molar-refractivity contribution in [3.63, 3.8) is 0 Å². The second kappa shape index (κ2) is 9.83. The molecule has 2 amide bonds. The van der Waals surface area contributed by atoms with Gasteiger partial charge in [0.2, 0.25) is 5.91 Å². The average molecular weight is 419 g/mol. The van der Waals surface area contributed by atoms with Crippen LogP contribution in [0.4, 0.5) is 0 Å². The van der Waals surface area contributed by atoms with Crippen LogP contribution in [0.2, 0.25) is 10.0 Å². The Bertz CT molecular complexity index is 649. The lowest BCUT2D eigenvalue weighted by Crippen LogP contribution is -2.55. The van der Waals surface area contributed by atoms with E-state index in [-0.39, 0.29) is 29.0 Å². The van der Waals surface area contributed by atoms with E-state index in [1.54, 1.807) is 28.8 Å². The molecule has 1 aliphatic heterocycles. The van der Waals surface area contributed by atoms with Gasteiger partial charge in [0.1, 0.15) is 6.04 Å². The van der Waals surface area contributed by atoms with Gasteiger partial charge in [0, 0.05) is 18.1 Å². The molecule has 144 valence electrons. The lowest BCUT2D eigenvalue weighted by atomic mass is 10.1. The molecule has 1 aromatic carbocycles. The van der Waals surface area contributed by atoms with E-state index in [0.29, 0.717) is 30.1 Å². The van der Waals surface area contributed by atoms with Crippen molar-refractivity contribution in [2.75, 3.05) is 25.1 Å². The highest BCUT2D eigenvalue weighted by molar-refractivity contribution is 7.98. The van der Waals surface area contributed by atoms with Gasteiger partial charge in [0.05, 0.1) is 22.8 Å². The summed E-state index contributed by atoms with van der Waals surface area (Å²) >= 11 is 13.6. The van der Waals surface area contributed by atoms with E-state index >= 15 is 0 Å². The van der Waals surface area contributed by atoms with Crippen LogP contribution in [-0.4, -0.2) is 60.1 Å². The van der Waals surface area contributed by atoms with Gasteiger partial charge in [-0.25, -0.2) is 0 Å². The van der Waals surface area contributed by atoms with Crippen molar-refractivity contribution >= 4 is 46.8 Å². The third-order valence-corrected chi connectivity index (χ3v) is 5.31. The minimum absolute atomic E-state index is 0.0229. The molecule has 0 spiro atoms. The second-order valence-corrected chi connectivity index (χ2v) is 8.26. The van der Waals surface area contributed by atoms with Crippen LogP contribution in [-0.2, 0) is 9.53 Å². The number of carbonyl (C=O) groups is 2. The first-order valence-electron chi connectivity index (χ1n) is 8.51. The van der Waals surface area contributed by atoms with Gasteiger partial charge in [-0.05, 0) is 50.5 Å². The van der Waals surface area contributed by atoms with Crippen LogP contribution in [0.25, 0.3) is 0 Å². The van der Waals surface area contributed by atoms with Crippen molar-refractivity contribution in [2.24, 2.45) is 0 Å². The van der Waals surface area contributed by atoms with E-state index < -0.39 is 6.04 Å². The monoisotopic (exact) mass is 418 g/mol. The molecular weight excluding hydrogens is 395 g/mol. The van der Waals surface area contributed by atoms with E-state index in [2.05, 4.69) is 5.32 Å². The maximum Gasteiger partial charge on any atom is 0.253 e. The van der Waals surface area contributed by atoms with Gasteiger partial charge in [-0.1, -0.05) is 23.2 Å². The topological polar surface area (TPSA) is 58.6 Å². The first-order valence-corrected chi connectivity index (χ1v) is 10.7. The third-order valence-electron chi connectivity index (χ3n) is 4.12. The predicted molar refractivity (Wildman–Crippen MR) is 107 cm³/mol. The number of ether oxygens (including phenoxy) is 1. The van der Waals surface area contributed by atoms with Crippen LogP contribution in [0.3, 0.4) is 0 Å². The number of halogens is 2. The normalized spacial score (nSPS) is 21.3. The van der Waals surface area contributed by atoms with Gasteiger partial charge in [-0.3, -0.25) is 9.59 Å². The molecule has 8 heteroatoms. The minimum Gasteiger partial charge on any atom is -0.372 e. The van der Waals surface area contributed by atoms with E-state index in [1.165, 1.54) is 6.07 Å². The Balaban J connectivity index is 2.13. The zero-order valence-electron chi connectivity index (χ0n) is 15.1. The first kappa shape index (κ1) is 21.4. The summed E-state index contributed by atoms with van der Waals surface area (Å²) in [6.45, 7) is 4.94. The Hall–Kier alpha value is -0.950. The fraction of sp³-hybridized carbons (Fsp3) is 0.556. The van der Waals surface area contributed by atoms with Crippen molar-refractivity contribution in [1.29, 1.82) is 0 Å². The number of rotatable bonds is 6. The van der Waals surface area contributed by atoms with Crippen LogP contribution in [0.15, 0.2) is 18.2 Å². The highest BCUT2D eigenvalue weighted by atomic mass is 35.5. The number of benzene rings is 1. The first-order chi connectivity index (χ1) is 12.3. The Labute approximate surface area is 168 Å². The molecule has 0 bridgehead atoms. The van der Waals surface area contributed by atoms with Crippen LogP contribution < -0.4 is 5.32 Å². The van der Waals surface area contributed by atoms with Gasteiger partial charge in [0.25, 0.3) is 5.91 Å². The molecule has 1 aliphatic rings. The maximum absolute atomic E-state index is 13.0. The van der Waals surface area contributed by atoms with Crippen molar-refractivity contribution in [2.45, 2.75) is 38.5 Å². The fourth-order valence-electron chi connectivity index (χ4n) is 2.98. The average Bonchev–Trinajstić information content (AvgIpc) is 2.56. The summed E-state index contributed by atoms with van der Waals surface area (Å²) in [6.07, 6.45) is 2.48. The summed E-state index contributed by atoms with van der Waals surface area (Å²) < 4.78 is 5.69. The molecule has 1 aromatic rings. The summed E-state index contributed by atoms with van der Waals surface area (Å²) in [7, 11) is 0. The molecule has 0 unspecified atom stereocenters. The minimum atomic E-state index is -0.598. The van der Waals surface area contributed by atoms with Crippen molar-refractivity contribution in [3.8, 4) is 0 Å². The van der Waals surface area contributed by atoms with Gasteiger partial charge >= 0.3 is 0 Å². The number of morpholine rings is 1. The third kappa shape index (κ3) is 5.78. The van der Waals surface area contributed by atoms with Crippen LogP contribution in [0.5, 0.6) is 0 Å². The van der Waals surface area contributed by atoms with Gasteiger partial charge in [-0.2, -0.15) is 11.8 Å². The van der Waals surface area contributed by atoms with Gasteiger partial charge in [-0.15, -0.1) is 0 Å². The van der Waals surface area contributed by atoms with E-state index in [0.717, 1.165) is 5.75 Å². The van der Waals surface area contributed by atoms with Crippen molar-refractivity contribution in [3.05, 3.63) is 33.8 Å². The van der Waals surface area contributed by atoms with Crippen LogP contribution in [0, 0.1) is 0 Å². The standard InChI is InChI=1S/C18H24Cl2N2O3S/c1-11-9-22(10-12(2)25-11)18(24)16(6-7-26-3)21-17(23)14-5-4-13(19)8-15(14)20/h4-5,8,11-12,16H,6-7,9-10H2,1-3H3,(H,21,23)/t11-,12+,16-/m0/s1. The van der Waals surface area contributed by atoms with E-state index in [1.807, 2.05) is 20.1 Å². The Morgan fingerprint density at radius 1 is 1.31 bits per heavy atom. The molecular formula is C18H24Cl2N2O3S. The van der Waals surface area contributed by atoms with Gasteiger partial charge in [0.15, 0.2) is 0 Å². The van der Waals surface area contributed by atoms with Crippen molar-refractivity contribution in [1.82, 2.24) is 10.2 Å². The molecule has 1 heterocycles. The number of hydrogen-bond donors (Lipinski definition) is 1. The molecule has 5 nitrogen and oxygen atoms in total. The molecule has 1 fully saturated rings. The Morgan fingerprint density at radius 3 is 2.54 bits per heavy atom.